The fraction of sp³-hybridized carbons (Fsp3) is 0.833. The van der Waals surface area contributed by atoms with Gasteiger partial charge in [0.1, 0.15) is 0 Å². The number of halogens is 2. The van der Waals surface area contributed by atoms with Crippen molar-refractivity contribution in [3.63, 3.8) is 0 Å². The van der Waals surface area contributed by atoms with Crippen LogP contribution in [0.25, 0.3) is 0 Å². The third-order valence-electron chi connectivity index (χ3n) is 3.28. The highest BCUT2D eigenvalue weighted by Crippen LogP contribution is 2.29. The zero-order valence-corrected chi connectivity index (χ0v) is 10.6. The standard InChI is InChI=1S/C12H18F2N2O2/c1-8(2)10-3-4-16(6-9(10)5-15)12(17)18-7-11(13)14/h8-11H,3-4,6-7H2,1-2H3. The van der Waals surface area contributed by atoms with Crippen LogP contribution in [0.1, 0.15) is 20.3 Å². The molecule has 0 aromatic rings. The van der Waals surface area contributed by atoms with Gasteiger partial charge in [-0.1, -0.05) is 13.8 Å². The lowest BCUT2D eigenvalue weighted by Crippen LogP contribution is -2.45. The van der Waals surface area contributed by atoms with Gasteiger partial charge in [0, 0.05) is 13.1 Å². The molecule has 2 atom stereocenters. The summed E-state index contributed by atoms with van der Waals surface area (Å²) in [4.78, 5) is 12.8. The average molecular weight is 260 g/mol. The van der Waals surface area contributed by atoms with Crippen molar-refractivity contribution < 1.29 is 18.3 Å². The SMILES string of the molecule is CC(C)C1CCN(C(=O)OCC(F)F)CC1C#N. The molecule has 1 amide bonds. The molecule has 1 aliphatic rings. The summed E-state index contributed by atoms with van der Waals surface area (Å²) in [6, 6.07) is 2.19. The van der Waals surface area contributed by atoms with Crippen molar-refractivity contribution in [3.8, 4) is 6.07 Å². The second kappa shape index (κ2) is 6.53. The van der Waals surface area contributed by atoms with E-state index in [1.165, 1.54) is 4.90 Å². The molecule has 0 saturated carbocycles. The fourth-order valence-electron chi connectivity index (χ4n) is 2.30. The maximum atomic E-state index is 11.9. The average Bonchev–Trinajstić information content (AvgIpc) is 2.34. The topological polar surface area (TPSA) is 53.3 Å². The molecule has 2 unspecified atom stereocenters. The normalized spacial score (nSPS) is 24.2. The first-order valence-electron chi connectivity index (χ1n) is 6.05. The van der Waals surface area contributed by atoms with Gasteiger partial charge in [0.15, 0.2) is 6.61 Å². The van der Waals surface area contributed by atoms with Gasteiger partial charge in [0.2, 0.25) is 0 Å². The van der Waals surface area contributed by atoms with E-state index in [1.807, 2.05) is 13.8 Å². The maximum Gasteiger partial charge on any atom is 0.409 e. The van der Waals surface area contributed by atoms with Crippen molar-refractivity contribution in [2.75, 3.05) is 19.7 Å². The molecule has 0 spiro atoms. The number of nitrogens with zero attached hydrogens (tertiary/aromatic N) is 2. The van der Waals surface area contributed by atoms with Crippen LogP contribution in [-0.4, -0.2) is 37.1 Å². The highest BCUT2D eigenvalue weighted by molar-refractivity contribution is 5.67. The highest BCUT2D eigenvalue weighted by atomic mass is 19.3. The smallest absolute Gasteiger partial charge is 0.409 e. The summed E-state index contributed by atoms with van der Waals surface area (Å²) in [6.45, 7) is 3.92. The Morgan fingerprint density at radius 3 is 2.72 bits per heavy atom. The number of alkyl halides is 2. The number of amides is 1. The Balaban J connectivity index is 2.52. The largest absolute Gasteiger partial charge is 0.443 e. The van der Waals surface area contributed by atoms with Crippen LogP contribution in [0.5, 0.6) is 0 Å². The number of carbonyl (C=O) groups is 1. The molecule has 18 heavy (non-hydrogen) atoms. The van der Waals surface area contributed by atoms with Crippen LogP contribution in [0.4, 0.5) is 13.6 Å². The molecule has 0 N–H and O–H groups in total. The van der Waals surface area contributed by atoms with Gasteiger partial charge in [-0.2, -0.15) is 5.26 Å². The minimum absolute atomic E-state index is 0.245. The maximum absolute atomic E-state index is 11.9. The minimum Gasteiger partial charge on any atom is -0.443 e. The molecule has 1 aliphatic heterocycles. The predicted molar refractivity (Wildman–Crippen MR) is 61.0 cm³/mol. The van der Waals surface area contributed by atoms with Crippen LogP contribution >= 0.6 is 0 Å². The summed E-state index contributed by atoms with van der Waals surface area (Å²) in [5.74, 6) is 0.362. The fourth-order valence-corrected chi connectivity index (χ4v) is 2.30. The minimum atomic E-state index is -2.66. The number of ether oxygens (including phenoxy) is 1. The lowest BCUT2D eigenvalue weighted by Gasteiger charge is -2.36. The van der Waals surface area contributed by atoms with E-state index < -0.39 is 19.1 Å². The molecule has 4 nitrogen and oxygen atoms in total. The molecule has 1 fully saturated rings. The van der Waals surface area contributed by atoms with Gasteiger partial charge in [-0.25, -0.2) is 13.6 Å². The number of hydrogen-bond donors (Lipinski definition) is 0. The first-order valence-corrected chi connectivity index (χ1v) is 6.05. The molecule has 0 aliphatic carbocycles. The molecule has 0 aromatic carbocycles. The van der Waals surface area contributed by atoms with E-state index in [1.54, 1.807) is 0 Å². The Hall–Kier alpha value is -1.38. The predicted octanol–water partition coefficient (Wildman–Crippen LogP) is 2.51. The van der Waals surface area contributed by atoms with Gasteiger partial charge in [-0.3, -0.25) is 0 Å². The van der Waals surface area contributed by atoms with Gasteiger partial charge < -0.3 is 9.64 Å². The molecule has 6 heteroatoms. The second-order valence-corrected chi connectivity index (χ2v) is 4.85. The molecular weight excluding hydrogens is 242 g/mol. The summed E-state index contributed by atoms with van der Waals surface area (Å²) < 4.78 is 28.3. The summed E-state index contributed by atoms with van der Waals surface area (Å²) in [6.07, 6.45) is -2.70. The Bertz CT molecular complexity index is 329. The lowest BCUT2D eigenvalue weighted by molar-refractivity contribution is 0.0213. The Morgan fingerprint density at radius 2 is 2.22 bits per heavy atom. The first-order chi connectivity index (χ1) is 8.45. The Labute approximate surface area is 106 Å². The van der Waals surface area contributed by atoms with E-state index in [-0.39, 0.29) is 18.4 Å². The summed E-state index contributed by atoms with van der Waals surface area (Å²) in [7, 11) is 0. The molecule has 1 heterocycles. The van der Waals surface area contributed by atoms with Crippen LogP contribution in [-0.2, 0) is 4.74 Å². The van der Waals surface area contributed by atoms with Gasteiger partial charge in [-0.15, -0.1) is 0 Å². The number of likely N-dealkylation sites (tertiary alicyclic amines) is 1. The summed E-state index contributed by atoms with van der Waals surface area (Å²) >= 11 is 0. The molecule has 0 bridgehead atoms. The monoisotopic (exact) mass is 260 g/mol. The van der Waals surface area contributed by atoms with Crippen molar-refractivity contribution in [2.24, 2.45) is 17.8 Å². The van der Waals surface area contributed by atoms with Crippen molar-refractivity contribution in [2.45, 2.75) is 26.7 Å². The third kappa shape index (κ3) is 3.83. The van der Waals surface area contributed by atoms with Gasteiger partial charge >= 0.3 is 6.09 Å². The van der Waals surface area contributed by atoms with Gasteiger partial charge in [-0.05, 0) is 18.3 Å². The van der Waals surface area contributed by atoms with E-state index >= 15 is 0 Å². The second-order valence-electron chi connectivity index (χ2n) is 4.85. The highest BCUT2D eigenvalue weighted by Gasteiger charge is 2.33. The van der Waals surface area contributed by atoms with Crippen molar-refractivity contribution in [1.29, 1.82) is 5.26 Å². The zero-order chi connectivity index (χ0) is 13.7. The number of nitriles is 1. The first kappa shape index (κ1) is 14.7. The number of piperidine rings is 1. The quantitative estimate of drug-likeness (QED) is 0.783. The van der Waals surface area contributed by atoms with Crippen LogP contribution in [0.3, 0.4) is 0 Å². The number of hydrogen-bond acceptors (Lipinski definition) is 3. The van der Waals surface area contributed by atoms with E-state index in [0.29, 0.717) is 18.9 Å². The van der Waals surface area contributed by atoms with Crippen LogP contribution < -0.4 is 0 Å². The van der Waals surface area contributed by atoms with Gasteiger partial charge in [0.25, 0.3) is 6.43 Å². The van der Waals surface area contributed by atoms with Gasteiger partial charge in [0.05, 0.1) is 12.0 Å². The molecule has 0 radical (unpaired) electrons. The third-order valence-corrected chi connectivity index (χ3v) is 3.28. The molecule has 1 saturated heterocycles. The molecular formula is C12H18F2N2O2. The van der Waals surface area contributed by atoms with E-state index in [9.17, 15) is 13.6 Å². The number of rotatable bonds is 3. The van der Waals surface area contributed by atoms with Crippen LogP contribution in [0.15, 0.2) is 0 Å². The van der Waals surface area contributed by atoms with Crippen molar-refractivity contribution >= 4 is 6.09 Å². The summed E-state index contributed by atoms with van der Waals surface area (Å²) in [5.41, 5.74) is 0. The van der Waals surface area contributed by atoms with E-state index in [2.05, 4.69) is 10.8 Å². The molecule has 1 rings (SSSR count). The lowest BCUT2D eigenvalue weighted by atomic mass is 9.79. The Morgan fingerprint density at radius 1 is 1.56 bits per heavy atom. The summed E-state index contributed by atoms with van der Waals surface area (Å²) in [5, 5.41) is 9.08. The van der Waals surface area contributed by atoms with Crippen molar-refractivity contribution in [3.05, 3.63) is 0 Å². The van der Waals surface area contributed by atoms with Crippen molar-refractivity contribution in [1.82, 2.24) is 4.90 Å². The molecule has 102 valence electrons. The van der Waals surface area contributed by atoms with E-state index in [0.717, 1.165) is 0 Å². The van der Waals surface area contributed by atoms with Crippen LogP contribution in [0.2, 0.25) is 0 Å². The number of carbonyl (C=O) groups excluding carboxylic acids is 1. The van der Waals surface area contributed by atoms with E-state index in [4.69, 9.17) is 5.26 Å². The molecule has 0 aromatic heterocycles. The Kier molecular flexibility index (Phi) is 5.32. The zero-order valence-electron chi connectivity index (χ0n) is 10.6. The van der Waals surface area contributed by atoms with Crippen LogP contribution in [0, 0.1) is 29.1 Å².